The molecule has 0 saturated heterocycles. The van der Waals surface area contributed by atoms with Gasteiger partial charge >= 0.3 is 0 Å². The minimum absolute atomic E-state index is 0.0543. The molecule has 3 heteroatoms. The van der Waals surface area contributed by atoms with Crippen LogP contribution in [-0.4, -0.2) is 4.57 Å². The summed E-state index contributed by atoms with van der Waals surface area (Å²) in [6.07, 6.45) is 38.3. The first-order valence-corrected chi connectivity index (χ1v) is 16.9. The number of hydrogen-bond donors (Lipinski definition) is 2. The van der Waals surface area contributed by atoms with Crippen molar-refractivity contribution in [3.05, 3.63) is 169 Å². The highest BCUT2D eigenvalue weighted by Crippen LogP contribution is 2.30. The number of rotatable bonds is 15. The third-order valence-corrected chi connectivity index (χ3v) is 8.57. The first-order valence-electron chi connectivity index (χ1n) is 16.9. The zero-order valence-electron chi connectivity index (χ0n) is 27.5. The lowest BCUT2D eigenvalue weighted by Gasteiger charge is -2.24. The maximum Gasteiger partial charge on any atom is 0.0695 e. The van der Waals surface area contributed by atoms with Gasteiger partial charge in [0.05, 0.1) is 11.6 Å². The van der Waals surface area contributed by atoms with E-state index >= 15 is 0 Å². The second kappa shape index (κ2) is 17.1. The van der Waals surface area contributed by atoms with Gasteiger partial charge in [0, 0.05) is 33.9 Å². The first kappa shape index (κ1) is 32.6. The lowest BCUT2D eigenvalue weighted by molar-refractivity contribution is 0.595. The van der Waals surface area contributed by atoms with Crippen LogP contribution < -0.4 is 10.6 Å². The summed E-state index contributed by atoms with van der Waals surface area (Å²) >= 11 is 0. The van der Waals surface area contributed by atoms with Crippen molar-refractivity contribution in [1.82, 2.24) is 15.2 Å². The predicted octanol–water partition coefficient (Wildman–Crippen LogP) is 11.3. The van der Waals surface area contributed by atoms with Gasteiger partial charge in [-0.05, 0) is 125 Å². The molecule has 2 atom stereocenters. The average molecular weight is 608 g/mol. The van der Waals surface area contributed by atoms with Crippen molar-refractivity contribution in [3.8, 4) is 5.69 Å². The van der Waals surface area contributed by atoms with E-state index < -0.39 is 0 Å². The molecule has 0 saturated carbocycles. The number of para-hydroxylation sites is 1. The van der Waals surface area contributed by atoms with Crippen LogP contribution in [0.4, 0.5) is 0 Å². The fraction of sp³-hybridized carbons (Fsp3) is 0.256. The zero-order chi connectivity index (χ0) is 32.0. The molecule has 0 bridgehead atoms. The van der Waals surface area contributed by atoms with E-state index in [2.05, 4.69) is 162 Å². The van der Waals surface area contributed by atoms with Crippen LogP contribution in [0.25, 0.3) is 22.7 Å². The van der Waals surface area contributed by atoms with Crippen molar-refractivity contribution in [2.45, 2.75) is 64.8 Å². The Kier molecular flexibility index (Phi) is 12.1. The summed E-state index contributed by atoms with van der Waals surface area (Å²) in [6, 6.07) is 19.9. The fourth-order valence-electron chi connectivity index (χ4n) is 6.15. The molecular formula is C43H49N3. The van der Waals surface area contributed by atoms with E-state index in [0.717, 1.165) is 56.3 Å². The minimum atomic E-state index is 0.0543. The van der Waals surface area contributed by atoms with Gasteiger partial charge in [-0.15, -0.1) is 6.58 Å². The summed E-state index contributed by atoms with van der Waals surface area (Å²) in [7, 11) is 0. The quantitative estimate of drug-likeness (QED) is 0.133. The number of allylic oxidation sites excluding steroid dienone is 14. The molecule has 2 unspecified atom stereocenters. The Bertz CT molecular complexity index is 1700. The molecule has 2 aliphatic carbocycles. The summed E-state index contributed by atoms with van der Waals surface area (Å²) in [5.41, 5.74) is 8.54. The van der Waals surface area contributed by atoms with Crippen LogP contribution in [0.1, 0.15) is 76.1 Å². The maximum absolute atomic E-state index is 4.04. The summed E-state index contributed by atoms with van der Waals surface area (Å²) in [5.74, 6) is 0.456. The molecule has 3 nitrogen and oxygen atoms in total. The number of hydrogen-bond acceptors (Lipinski definition) is 2. The molecule has 1 heterocycles. The van der Waals surface area contributed by atoms with E-state index in [9.17, 15) is 0 Å². The Morgan fingerprint density at radius 1 is 0.913 bits per heavy atom. The van der Waals surface area contributed by atoms with Gasteiger partial charge in [0.15, 0.2) is 0 Å². The van der Waals surface area contributed by atoms with Crippen LogP contribution in [0.5, 0.6) is 0 Å². The van der Waals surface area contributed by atoms with E-state index in [1.807, 2.05) is 13.0 Å². The number of fused-ring (bicyclic) bond motifs is 1. The van der Waals surface area contributed by atoms with Crippen LogP contribution in [0.2, 0.25) is 0 Å². The summed E-state index contributed by atoms with van der Waals surface area (Å²) < 4.78 is 2.35. The van der Waals surface area contributed by atoms with Gasteiger partial charge in [0.2, 0.25) is 0 Å². The predicted molar refractivity (Wildman–Crippen MR) is 199 cm³/mol. The van der Waals surface area contributed by atoms with E-state index in [4.69, 9.17) is 0 Å². The maximum atomic E-state index is 4.04. The summed E-state index contributed by atoms with van der Waals surface area (Å²) in [4.78, 5) is 0. The van der Waals surface area contributed by atoms with Gasteiger partial charge in [0.25, 0.3) is 0 Å². The largest absolute Gasteiger partial charge is 0.378 e. The number of benzene rings is 2. The second-order valence-corrected chi connectivity index (χ2v) is 12.0. The van der Waals surface area contributed by atoms with E-state index in [1.165, 1.54) is 33.6 Å². The third kappa shape index (κ3) is 8.91. The Balaban J connectivity index is 1.47. The molecule has 2 aliphatic rings. The smallest absolute Gasteiger partial charge is 0.0695 e. The van der Waals surface area contributed by atoms with Crippen LogP contribution >= 0.6 is 0 Å². The zero-order valence-corrected chi connectivity index (χ0v) is 27.5. The van der Waals surface area contributed by atoms with Crippen molar-refractivity contribution in [3.63, 3.8) is 0 Å². The van der Waals surface area contributed by atoms with E-state index in [0.29, 0.717) is 5.92 Å². The lowest BCUT2D eigenvalue weighted by Crippen LogP contribution is -2.22. The first-order chi connectivity index (χ1) is 22.7. The van der Waals surface area contributed by atoms with Crippen LogP contribution in [0.15, 0.2) is 157 Å². The molecular weight excluding hydrogens is 558 g/mol. The van der Waals surface area contributed by atoms with Gasteiger partial charge in [-0.25, -0.2) is 0 Å². The molecule has 0 spiro atoms. The van der Waals surface area contributed by atoms with Crippen molar-refractivity contribution in [1.29, 1.82) is 0 Å². The molecule has 2 N–H and O–H groups in total. The molecule has 5 rings (SSSR count). The standard InChI is InChI=1S/C43H49N3/c1-4-7-11-18-34(17-6-3)24-30-42(45-39-28-26-38(27-29-39)44-37-19-13-9-14-20-37)35-25-31-43-36(32-35)33-41(23-12-8-5-2)46(43)40-21-15-10-16-22-40/h4-8,10,12-13,15-16,19-26,28,30-34,42,44-45H,3,9,11,14,17-18,27,29H2,1-2H3/b7-4-,8-5-,23-12-,30-24-. The van der Waals surface area contributed by atoms with Gasteiger partial charge < -0.3 is 15.2 Å². The molecule has 0 fully saturated rings. The number of aromatic nitrogens is 1. The third-order valence-electron chi connectivity index (χ3n) is 8.57. The molecule has 2 aromatic carbocycles. The highest BCUT2D eigenvalue weighted by molar-refractivity contribution is 5.86. The molecule has 3 aromatic rings. The highest BCUT2D eigenvalue weighted by atomic mass is 15.0. The summed E-state index contributed by atoms with van der Waals surface area (Å²) in [5, 5.41) is 8.78. The average Bonchev–Trinajstić information content (AvgIpc) is 3.46. The van der Waals surface area contributed by atoms with Crippen molar-refractivity contribution < 1.29 is 0 Å². The Morgan fingerprint density at radius 3 is 2.50 bits per heavy atom. The molecule has 0 aliphatic heterocycles. The normalized spacial score (nSPS) is 16.7. The molecule has 0 radical (unpaired) electrons. The van der Waals surface area contributed by atoms with Gasteiger partial charge in [0.1, 0.15) is 0 Å². The van der Waals surface area contributed by atoms with Crippen LogP contribution in [0, 0.1) is 5.92 Å². The second-order valence-electron chi connectivity index (χ2n) is 12.0. The lowest BCUT2D eigenvalue weighted by atomic mass is 9.95. The van der Waals surface area contributed by atoms with Crippen molar-refractivity contribution >= 4 is 17.0 Å². The van der Waals surface area contributed by atoms with Gasteiger partial charge in [-0.1, -0.05) is 85.0 Å². The van der Waals surface area contributed by atoms with Crippen molar-refractivity contribution in [2.24, 2.45) is 5.92 Å². The Labute approximate surface area is 276 Å². The van der Waals surface area contributed by atoms with E-state index in [1.54, 1.807) is 0 Å². The Morgan fingerprint density at radius 2 is 1.76 bits per heavy atom. The molecule has 46 heavy (non-hydrogen) atoms. The highest BCUT2D eigenvalue weighted by Gasteiger charge is 2.16. The van der Waals surface area contributed by atoms with E-state index in [-0.39, 0.29) is 6.04 Å². The fourth-order valence-corrected chi connectivity index (χ4v) is 6.15. The molecule has 236 valence electrons. The minimum Gasteiger partial charge on any atom is -0.378 e. The monoisotopic (exact) mass is 607 g/mol. The number of nitrogens with one attached hydrogen (secondary N) is 2. The molecule has 0 amide bonds. The van der Waals surface area contributed by atoms with Crippen LogP contribution in [-0.2, 0) is 0 Å². The van der Waals surface area contributed by atoms with Crippen molar-refractivity contribution in [2.75, 3.05) is 0 Å². The summed E-state index contributed by atoms with van der Waals surface area (Å²) in [6.45, 7) is 8.18. The SMILES string of the molecule is C=CCC(/C=C\C(NC1=CC=C(NC2=CCCC=C2)CC1)c1ccc2c(c1)cc(/C=C\C=C/C)n2-c1ccccc1)CC/C=C\C. The van der Waals surface area contributed by atoms with Gasteiger partial charge in [-0.3, -0.25) is 0 Å². The Hall–Kier alpha value is -4.76. The number of nitrogens with zero attached hydrogens (tertiary/aromatic N) is 1. The molecule has 1 aromatic heterocycles. The topological polar surface area (TPSA) is 29.0 Å². The van der Waals surface area contributed by atoms with Gasteiger partial charge in [-0.2, -0.15) is 0 Å². The van der Waals surface area contributed by atoms with Crippen LogP contribution in [0.3, 0.4) is 0 Å².